The van der Waals surface area contributed by atoms with Gasteiger partial charge in [-0.2, -0.15) is 0 Å². The van der Waals surface area contributed by atoms with Crippen molar-refractivity contribution in [2.75, 3.05) is 6.61 Å². The maximum Gasteiger partial charge on any atom is 0.357 e. The maximum absolute atomic E-state index is 13.8. The molecular formula is C20H15ClF3NO3S. The molecule has 29 heavy (non-hydrogen) atoms. The quantitative estimate of drug-likeness (QED) is 0.356. The molecule has 0 spiro atoms. The number of benzene rings is 2. The van der Waals surface area contributed by atoms with Gasteiger partial charge in [-0.3, -0.25) is 0 Å². The molecule has 9 heteroatoms. The molecule has 0 amide bonds. The fourth-order valence-electron chi connectivity index (χ4n) is 2.51. The van der Waals surface area contributed by atoms with Crippen LogP contribution >= 0.6 is 22.9 Å². The van der Waals surface area contributed by atoms with E-state index in [-0.39, 0.29) is 24.5 Å². The summed E-state index contributed by atoms with van der Waals surface area (Å²) in [6.45, 7) is 1.65. The van der Waals surface area contributed by atoms with Gasteiger partial charge >= 0.3 is 5.97 Å². The van der Waals surface area contributed by atoms with E-state index in [1.807, 2.05) is 0 Å². The lowest BCUT2D eigenvalue weighted by atomic mass is 10.1. The summed E-state index contributed by atoms with van der Waals surface area (Å²) in [6.07, 6.45) is 0.306. The Labute approximate surface area is 173 Å². The second kappa shape index (κ2) is 9.28. The van der Waals surface area contributed by atoms with E-state index in [0.29, 0.717) is 33.8 Å². The van der Waals surface area contributed by atoms with Crippen molar-refractivity contribution in [3.8, 4) is 5.75 Å². The van der Waals surface area contributed by atoms with E-state index in [2.05, 4.69) is 4.98 Å². The van der Waals surface area contributed by atoms with E-state index in [0.717, 1.165) is 6.07 Å². The summed E-state index contributed by atoms with van der Waals surface area (Å²) in [7, 11) is 0. The predicted octanol–water partition coefficient (Wildman–Crippen LogP) is 5.56. The average molecular weight is 442 g/mol. The highest BCUT2D eigenvalue weighted by Crippen LogP contribution is 2.28. The molecule has 1 aromatic heterocycles. The highest BCUT2D eigenvalue weighted by molar-refractivity contribution is 7.09. The molecule has 0 N–H and O–H groups in total. The summed E-state index contributed by atoms with van der Waals surface area (Å²) in [5.41, 5.74) is 0.731. The third-order valence-corrected chi connectivity index (χ3v) is 4.96. The Morgan fingerprint density at radius 1 is 1.10 bits per heavy atom. The van der Waals surface area contributed by atoms with Crippen molar-refractivity contribution in [2.24, 2.45) is 0 Å². The van der Waals surface area contributed by atoms with Crippen molar-refractivity contribution in [1.82, 2.24) is 4.98 Å². The zero-order valence-electron chi connectivity index (χ0n) is 15.2. The lowest BCUT2D eigenvalue weighted by molar-refractivity contribution is 0.0520. The van der Waals surface area contributed by atoms with Crippen LogP contribution in [0.5, 0.6) is 5.75 Å². The van der Waals surface area contributed by atoms with Gasteiger partial charge in [0.25, 0.3) is 0 Å². The van der Waals surface area contributed by atoms with Gasteiger partial charge in [-0.05, 0) is 31.2 Å². The zero-order chi connectivity index (χ0) is 21.0. The van der Waals surface area contributed by atoms with Crippen molar-refractivity contribution in [3.05, 3.63) is 80.0 Å². The minimum Gasteiger partial charge on any atom is -0.488 e. The maximum atomic E-state index is 13.8. The summed E-state index contributed by atoms with van der Waals surface area (Å²) in [5.74, 6) is -3.45. The number of ether oxygens (including phenoxy) is 2. The highest BCUT2D eigenvalue weighted by atomic mass is 35.5. The lowest BCUT2D eigenvalue weighted by Crippen LogP contribution is -2.05. The SMILES string of the molecule is CCOC(=O)c1csc(Cc2cc(Cl)ccc2OCc2cc(F)c(F)cc2F)n1. The third kappa shape index (κ3) is 5.27. The topological polar surface area (TPSA) is 48.4 Å². The van der Waals surface area contributed by atoms with E-state index >= 15 is 0 Å². The van der Waals surface area contributed by atoms with Crippen LogP contribution in [0.25, 0.3) is 0 Å². The number of aromatic nitrogens is 1. The van der Waals surface area contributed by atoms with Gasteiger partial charge in [0.1, 0.15) is 18.2 Å². The molecule has 0 aliphatic carbocycles. The molecule has 0 unspecified atom stereocenters. The molecule has 0 saturated heterocycles. The van der Waals surface area contributed by atoms with E-state index < -0.39 is 23.4 Å². The average Bonchev–Trinajstić information content (AvgIpc) is 3.14. The van der Waals surface area contributed by atoms with Crippen LogP contribution in [-0.4, -0.2) is 17.6 Å². The van der Waals surface area contributed by atoms with Gasteiger partial charge in [0.05, 0.1) is 11.6 Å². The first kappa shape index (κ1) is 21.1. The summed E-state index contributed by atoms with van der Waals surface area (Å²) >= 11 is 7.33. The van der Waals surface area contributed by atoms with Gasteiger partial charge in [-0.25, -0.2) is 22.9 Å². The molecule has 3 rings (SSSR count). The molecule has 0 radical (unpaired) electrons. The Morgan fingerprint density at radius 2 is 1.86 bits per heavy atom. The minimum absolute atomic E-state index is 0.122. The van der Waals surface area contributed by atoms with Crippen LogP contribution in [0.2, 0.25) is 5.02 Å². The van der Waals surface area contributed by atoms with Crippen LogP contribution in [0.1, 0.15) is 33.5 Å². The zero-order valence-corrected chi connectivity index (χ0v) is 16.7. The van der Waals surface area contributed by atoms with Gasteiger partial charge in [0.15, 0.2) is 17.3 Å². The van der Waals surface area contributed by atoms with Crippen molar-refractivity contribution >= 4 is 28.9 Å². The van der Waals surface area contributed by atoms with Crippen molar-refractivity contribution < 1.29 is 27.4 Å². The Kier molecular flexibility index (Phi) is 6.76. The molecule has 0 atom stereocenters. The Balaban J connectivity index is 1.78. The van der Waals surface area contributed by atoms with Crippen LogP contribution in [0, 0.1) is 17.5 Å². The van der Waals surface area contributed by atoms with Gasteiger partial charge in [-0.15, -0.1) is 11.3 Å². The number of carbonyl (C=O) groups is 1. The van der Waals surface area contributed by atoms with Crippen molar-refractivity contribution in [2.45, 2.75) is 20.0 Å². The van der Waals surface area contributed by atoms with Crippen LogP contribution in [0.15, 0.2) is 35.7 Å². The predicted molar refractivity (Wildman–Crippen MR) is 103 cm³/mol. The Bertz CT molecular complexity index is 1040. The molecule has 0 fully saturated rings. The second-order valence-electron chi connectivity index (χ2n) is 5.92. The summed E-state index contributed by atoms with van der Waals surface area (Å²) in [5, 5.41) is 2.67. The number of esters is 1. The van der Waals surface area contributed by atoms with Crippen LogP contribution < -0.4 is 4.74 Å². The van der Waals surface area contributed by atoms with Crippen molar-refractivity contribution in [3.63, 3.8) is 0 Å². The van der Waals surface area contributed by atoms with Gasteiger partial charge in [-0.1, -0.05) is 11.6 Å². The number of rotatable bonds is 7. The first-order chi connectivity index (χ1) is 13.9. The molecule has 1 heterocycles. The van der Waals surface area contributed by atoms with E-state index in [4.69, 9.17) is 21.1 Å². The Hall–Kier alpha value is -2.58. The van der Waals surface area contributed by atoms with E-state index in [1.54, 1.807) is 30.5 Å². The molecule has 3 aromatic rings. The van der Waals surface area contributed by atoms with Gasteiger partial charge in [0.2, 0.25) is 0 Å². The van der Waals surface area contributed by atoms with Crippen molar-refractivity contribution in [1.29, 1.82) is 0 Å². The molecule has 0 saturated carbocycles. The molecule has 2 aromatic carbocycles. The number of nitrogens with zero attached hydrogens (tertiary/aromatic N) is 1. The van der Waals surface area contributed by atoms with Crippen LogP contribution in [0.4, 0.5) is 13.2 Å². The first-order valence-electron chi connectivity index (χ1n) is 8.53. The fraction of sp³-hybridized carbons (Fsp3) is 0.200. The standard InChI is InChI=1S/C20H15ClF3NO3S/c1-2-27-20(26)17-10-29-19(25-17)7-11-5-13(21)3-4-18(11)28-9-12-6-15(23)16(24)8-14(12)22/h3-6,8,10H,2,7,9H2,1H3. The summed E-state index contributed by atoms with van der Waals surface area (Å²) < 4.78 is 50.8. The third-order valence-electron chi connectivity index (χ3n) is 3.87. The normalized spacial score (nSPS) is 10.8. The van der Waals surface area contributed by atoms with E-state index in [1.165, 1.54) is 11.3 Å². The van der Waals surface area contributed by atoms with Crippen LogP contribution in [-0.2, 0) is 17.8 Å². The number of hydrogen-bond donors (Lipinski definition) is 0. The summed E-state index contributed by atoms with van der Waals surface area (Å²) in [4.78, 5) is 16.0. The monoisotopic (exact) mass is 441 g/mol. The molecule has 0 aliphatic rings. The molecule has 4 nitrogen and oxygen atoms in total. The highest BCUT2D eigenvalue weighted by Gasteiger charge is 2.15. The smallest absolute Gasteiger partial charge is 0.357 e. The first-order valence-corrected chi connectivity index (χ1v) is 9.79. The van der Waals surface area contributed by atoms with Gasteiger partial charge < -0.3 is 9.47 Å². The Morgan fingerprint density at radius 3 is 2.62 bits per heavy atom. The number of halogens is 4. The minimum atomic E-state index is -1.26. The molecule has 0 bridgehead atoms. The molecule has 0 aliphatic heterocycles. The van der Waals surface area contributed by atoms with E-state index in [9.17, 15) is 18.0 Å². The summed E-state index contributed by atoms with van der Waals surface area (Å²) in [6, 6.07) is 6.07. The molecule has 152 valence electrons. The number of thiazole rings is 1. The molecular weight excluding hydrogens is 427 g/mol. The van der Waals surface area contributed by atoms with Gasteiger partial charge in [0, 0.05) is 34.0 Å². The lowest BCUT2D eigenvalue weighted by Gasteiger charge is -2.12. The number of hydrogen-bond acceptors (Lipinski definition) is 5. The fourth-order valence-corrected chi connectivity index (χ4v) is 3.49. The largest absolute Gasteiger partial charge is 0.488 e. The number of carbonyl (C=O) groups excluding carboxylic acids is 1. The van der Waals surface area contributed by atoms with Crippen LogP contribution in [0.3, 0.4) is 0 Å². The second-order valence-corrected chi connectivity index (χ2v) is 7.30.